The molecule has 0 radical (unpaired) electrons. The molecule has 1 aromatic heterocycles. The average Bonchev–Trinajstić information content (AvgIpc) is 2.57. The number of aromatic nitrogens is 2. The van der Waals surface area contributed by atoms with Crippen LogP contribution in [-0.2, 0) is 20.0 Å². The number of halogens is 1. The van der Waals surface area contributed by atoms with Gasteiger partial charge in [0.2, 0.25) is 0 Å². The van der Waals surface area contributed by atoms with E-state index in [2.05, 4.69) is 44.2 Å². The van der Waals surface area contributed by atoms with Crippen LogP contribution in [0.5, 0.6) is 0 Å². The highest BCUT2D eigenvalue weighted by Crippen LogP contribution is 2.23. The molecule has 0 aliphatic rings. The summed E-state index contributed by atoms with van der Waals surface area (Å²) in [7, 11) is 1.99. The van der Waals surface area contributed by atoms with Gasteiger partial charge in [-0.2, -0.15) is 5.10 Å². The Labute approximate surface area is 116 Å². The van der Waals surface area contributed by atoms with E-state index in [4.69, 9.17) is 11.6 Å². The van der Waals surface area contributed by atoms with Gasteiger partial charge in [0.05, 0.1) is 11.4 Å². The van der Waals surface area contributed by atoms with Crippen molar-refractivity contribution in [3.05, 3.63) is 17.5 Å². The number of rotatable bonds is 6. The summed E-state index contributed by atoms with van der Waals surface area (Å²) in [5.74, 6) is 0. The predicted molar refractivity (Wildman–Crippen MR) is 78.0 cm³/mol. The Morgan fingerprint density at radius 2 is 2.11 bits per heavy atom. The summed E-state index contributed by atoms with van der Waals surface area (Å²) in [6.07, 6.45) is 2.00. The summed E-state index contributed by atoms with van der Waals surface area (Å²) in [5, 5.41) is 8.02. The third-order valence-corrected chi connectivity index (χ3v) is 3.20. The minimum atomic E-state index is 0.184. The number of nitrogens with zero attached hydrogens (tertiary/aromatic N) is 2. The molecular formula is C14H26ClN3. The van der Waals surface area contributed by atoms with Crippen molar-refractivity contribution in [2.75, 3.05) is 6.54 Å². The molecule has 0 amide bonds. The van der Waals surface area contributed by atoms with Crippen LogP contribution >= 0.6 is 11.6 Å². The third kappa shape index (κ3) is 5.40. The standard InChI is InChI=1S/C14H26ClN3/c1-6-12-7-13(18(5)17-12)10-16-9-11(15)8-14(2,3)4/h7,11,16H,6,8-10H2,1-5H3. The van der Waals surface area contributed by atoms with Gasteiger partial charge in [0.25, 0.3) is 0 Å². The Kier molecular flexibility index (Phi) is 5.67. The topological polar surface area (TPSA) is 29.9 Å². The second kappa shape index (κ2) is 6.58. The van der Waals surface area contributed by atoms with Crippen molar-refractivity contribution in [3.8, 4) is 0 Å². The number of aryl methyl sites for hydroxylation is 2. The third-order valence-electron chi connectivity index (χ3n) is 2.90. The molecule has 0 spiro atoms. The maximum Gasteiger partial charge on any atom is 0.0625 e. The molecule has 1 atom stereocenters. The fourth-order valence-electron chi connectivity index (χ4n) is 2.00. The van der Waals surface area contributed by atoms with Crippen molar-refractivity contribution in [3.63, 3.8) is 0 Å². The molecule has 3 nitrogen and oxygen atoms in total. The van der Waals surface area contributed by atoms with Crippen molar-refractivity contribution in [2.24, 2.45) is 12.5 Å². The Bertz CT molecular complexity index is 366. The fourth-order valence-corrected chi connectivity index (χ4v) is 2.58. The first-order chi connectivity index (χ1) is 8.31. The summed E-state index contributed by atoms with van der Waals surface area (Å²) >= 11 is 6.32. The van der Waals surface area contributed by atoms with E-state index in [1.807, 2.05) is 11.7 Å². The molecule has 1 unspecified atom stereocenters. The van der Waals surface area contributed by atoms with Gasteiger partial charge in [0, 0.05) is 25.5 Å². The maximum absolute atomic E-state index is 6.32. The molecular weight excluding hydrogens is 246 g/mol. The van der Waals surface area contributed by atoms with Gasteiger partial charge in [-0.15, -0.1) is 11.6 Å². The molecule has 1 aromatic rings. The van der Waals surface area contributed by atoms with Crippen LogP contribution in [0.25, 0.3) is 0 Å². The zero-order valence-corrected chi connectivity index (χ0v) is 13.0. The average molecular weight is 272 g/mol. The van der Waals surface area contributed by atoms with E-state index in [1.165, 1.54) is 5.69 Å². The summed E-state index contributed by atoms with van der Waals surface area (Å²) in [6.45, 7) is 10.4. The Morgan fingerprint density at radius 3 is 2.61 bits per heavy atom. The lowest BCUT2D eigenvalue weighted by molar-refractivity contribution is 0.364. The number of hydrogen-bond donors (Lipinski definition) is 1. The van der Waals surface area contributed by atoms with Crippen LogP contribution in [0.2, 0.25) is 0 Å². The normalized spacial score (nSPS) is 13.9. The maximum atomic E-state index is 6.32. The summed E-state index contributed by atoms with van der Waals surface area (Å²) in [4.78, 5) is 0. The smallest absolute Gasteiger partial charge is 0.0625 e. The van der Waals surface area contributed by atoms with Crippen molar-refractivity contribution in [1.82, 2.24) is 15.1 Å². The number of alkyl halides is 1. The van der Waals surface area contributed by atoms with E-state index in [0.717, 1.165) is 31.6 Å². The molecule has 0 saturated heterocycles. The molecule has 0 aromatic carbocycles. The molecule has 0 fully saturated rings. The quantitative estimate of drug-likeness (QED) is 0.806. The lowest BCUT2D eigenvalue weighted by Gasteiger charge is -2.22. The second-order valence-electron chi connectivity index (χ2n) is 6.10. The van der Waals surface area contributed by atoms with Gasteiger partial charge in [-0.1, -0.05) is 27.7 Å². The first-order valence-electron chi connectivity index (χ1n) is 6.68. The Balaban J connectivity index is 2.35. The van der Waals surface area contributed by atoms with Crippen molar-refractivity contribution >= 4 is 11.6 Å². The highest BCUT2D eigenvalue weighted by Gasteiger charge is 2.16. The lowest BCUT2D eigenvalue weighted by atomic mass is 9.90. The van der Waals surface area contributed by atoms with E-state index in [0.29, 0.717) is 0 Å². The lowest BCUT2D eigenvalue weighted by Crippen LogP contribution is -2.27. The van der Waals surface area contributed by atoms with Crippen molar-refractivity contribution in [2.45, 2.75) is 52.5 Å². The largest absolute Gasteiger partial charge is 0.310 e. The second-order valence-corrected chi connectivity index (χ2v) is 6.71. The van der Waals surface area contributed by atoms with Crippen LogP contribution in [0.3, 0.4) is 0 Å². The van der Waals surface area contributed by atoms with E-state index in [-0.39, 0.29) is 10.8 Å². The first-order valence-corrected chi connectivity index (χ1v) is 7.12. The molecule has 0 bridgehead atoms. The molecule has 0 aliphatic heterocycles. The summed E-state index contributed by atoms with van der Waals surface area (Å²) in [5.41, 5.74) is 2.65. The van der Waals surface area contributed by atoms with Crippen LogP contribution < -0.4 is 5.32 Å². The van der Waals surface area contributed by atoms with Crippen LogP contribution in [0.4, 0.5) is 0 Å². The van der Waals surface area contributed by atoms with E-state index >= 15 is 0 Å². The zero-order valence-electron chi connectivity index (χ0n) is 12.3. The van der Waals surface area contributed by atoms with Gasteiger partial charge < -0.3 is 5.32 Å². The first kappa shape index (κ1) is 15.5. The van der Waals surface area contributed by atoms with Crippen molar-refractivity contribution < 1.29 is 0 Å². The van der Waals surface area contributed by atoms with Crippen LogP contribution in [0, 0.1) is 5.41 Å². The van der Waals surface area contributed by atoms with Crippen molar-refractivity contribution in [1.29, 1.82) is 0 Å². The molecule has 0 saturated carbocycles. The van der Waals surface area contributed by atoms with Crippen LogP contribution in [0.1, 0.15) is 45.5 Å². The van der Waals surface area contributed by atoms with Gasteiger partial charge in [-0.05, 0) is 24.3 Å². The molecule has 4 heteroatoms. The molecule has 104 valence electrons. The van der Waals surface area contributed by atoms with Gasteiger partial charge in [-0.3, -0.25) is 4.68 Å². The SMILES string of the molecule is CCc1cc(CNCC(Cl)CC(C)(C)C)n(C)n1. The Morgan fingerprint density at radius 1 is 1.44 bits per heavy atom. The van der Waals surface area contributed by atoms with E-state index in [1.54, 1.807) is 0 Å². The number of nitrogens with one attached hydrogen (secondary N) is 1. The highest BCUT2D eigenvalue weighted by atomic mass is 35.5. The molecule has 1 rings (SSSR count). The predicted octanol–water partition coefficient (Wildman–Crippen LogP) is 3.12. The molecule has 0 aliphatic carbocycles. The number of hydrogen-bond acceptors (Lipinski definition) is 2. The minimum absolute atomic E-state index is 0.184. The van der Waals surface area contributed by atoms with Crippen LogP contribution in [0.15, 0.2) is 6.07 Å². The summed E-state index contributed by atoms with van der Waals surface area (Å²) in [6, 6.07) is 2.15. The van der Waals surface area contributed by atoms with Gasteiger partial charge in [0.15, 0.2) is 0 Å². The molecule has 1 N–H and O–H groups in total. The zero-order chi connectivity index (χ0) is 13.8. The summed E-state index contributed by atoms with van der Waals surface area (Å²) < 4.78 is 1.94. The molecule has 1 heterocycles. The Hall–Kier alpha value is -0.540. The van der Waals surface area contributed by atoms with E-state index < -0.39 is 0 Å². The minimum Gasteiger partial charge on any atom is -0.310 e. The molecule has 18 heavy (non-hydrogen) atoms. The van der Waals surface area contributed by atoms with Gasteiger partial charge in [-0.25, -0.2) is 0 Å². The van der Waals surface area contributed by atoms with Gasteiger partial charge >= 0.3 is 0 Å². The van der Waals surface area contributed by atoms with Gasteiger partial charge in [0.1, 0.15) is 0 Å². The van der Waals surface area contributed by atoms with E-state index in [9.17, 15) is 0 Å². The monoisotopic (exact) mass is 271 g/mol. The fraction of sp³-hybridized carbons (Fsp3) is 0.786. The highest BCUT2D eigenvalue weighted by molar-refractivity contribution is 6.20. The van der Waals surface area contributed by atoms with Crippen LogP contribution in [-0.4, -0.2) is 21.7 Å².